The van der Waals surface area contributed by atoms with Crippen molar-refractivity contribution < 1.29 is 9.90 Å². The Morgan fingerprint density at radius 1 is 1.33 bits per heavy atom. The molecule has 0 aliphatic carbocycles. The summed E-state index contributed by atoms with van der Waals surface area (Å²) in [5.74, 6) is -0.943. The number of carboxylic acids is 1. The van der Waals surface area contributed by atoms with Gasteiger partial charge in [0.15, 0.2) is 0 Å². The molecule has 0 aromatic rings. The lowest BCUT2D eigenvalue weighted by molar-refractivity contribution is -0.131. The first-order valence-corrected chi connectivity index (χ1v) is 3.57. The van der Waals surface area contributed by atoms with Gasteiger partial charge in [-0.1, -0.05) is 30.9 Å². The van der Waals surface area contributed by atoms with E-state index in [1.807, 2.05) is 13.0 Å². The van der Waals surface area contributed by atoms with Crippen molar-refractivity contribution in [2.45, 2.75) is 6.92 Å². The van der Waals surface area contributed by atoms with E-state index in [9.17, 15) is 4.79 Å². The molecule has 0 aromatic heterocycles. The number of allylic oxidation sites excluding steroid dienone is 6. The van der Waals surface area contributed by atoms with E-state index in [4.69, 9.17) is 5.11 Å². The highest BCUT2D eigenvalue weighted by molar-refractivity contribution is 5.80. The molecule has 0 spiro atoms. The quantitative estimate of drug-likeness (QED) is 0.511. The Morgan fingerprint density at radius 2 is 2.00 bits per heavy atom. The van der Waals surface area contributed by atoms with Crippen molar-refractivity contribution in [1.82, 2.24) is 0 Å². The molecule has 0 bridgehead atoms. The van der Waals surface area contributed by atoms with Gasteiger partial charge in [-0.05, 0) is 18.6 Å². The van der Waals surface area contributed by atoms with Gasteiger partial charge in [0.05, 0.1) is 0 Å². The Labute approximate surface area is 72.2 Å². The molecule has 0 aliphatic heterocycles. The van der Waals surface area contributed by atoms with E-state index in [1.165, 1.54) is 6.08 Å². The van der Waals surface area contributed by atoms with Crippen LogP contribution >= 0.6 is 0 Å². The molecule has 12 heavy (non-hydrogen) atoms. The highest BCUT2D eigenvalue weighted by atomic mass is 16.4. The largest absolute Gasteiger partial charge is 0.478 e. The molecule has 0 atom stereocenters. The summed E-state index contributed by atoms with van der Waals surface area (Å²) in [6, 6.07) is 0. The number of aliphatic carboxylic acids is 1. The molecule has 64 valence electrons. The van der Waals surface area contributed by atoms with Gasteiger partial charge in [-0.2, -0.15) is 0 Å². The smallest absolute Gasteiger partial charge is 0.328 e. The number of carbonyl (C=O) groups is 1. The number of hydrogen-bond donors (Lipinski definition) is 1. The zero-order valence-electron chi connectivity index (χ0n) is 7.03. The molecule has 1 N–H and O–H groups in total. The standard InChI is InChI=1S/C10H12O2/c1-3-5-6-9(4-2)7-8-10(11)12/h3-8H,1H2,2H3,(H,11,12). The topological polar surface area (TPSA) is 37.3 Å². The van der Waals surface area contributed by atoms with Crippen molar-refractivity contribution in [3.63, 3.8) is 0 Å². The first kappa shape index (κ1) is 10.4. The van der Waals surface area contributed by atoms with E-state index < -0.39 is 5.97 Å². The zero-order chi connectivity index (χ0) is 9.40. The van der Waals surface area contributed by atoms with Crippen molar-refractivity contribution >= 4 is 5.97 Å². The zero-order valence-corrected chi connectivity index (χ0v) is 7.03. The molecule has 0 saturated heterocycles. The fourth-order valence-corrected chi connectivity index (χ4v) is 0.595. The van der Waals surface area contributed by atoms with Crippen LogP contribution in [0.25, 0.3) is 0 Å². The Kier molecular flexibility index (Phi) is 5.35. The van der Waals surface area contributed by atoms with Crippen LogP contribution in [-0.2, 0) is 4.79 Å². The van der Waals surface area contributed by atoms with Gasteiger partial charge < -0.3 is 5.11 Å². The summed E-state index contributed by atoms with van der Waals surface area (Å²) >= 11 is 0. The van der Waals surface area contributed by atoms with Crippen molar-refractivity contribution in [2.75, 3.05) is 0 Å². The first-order chi connectivity index (χ1) is 5.70. The monoisotopic (exact) mass is 164 g/mol. The minimum atomic E-state index is -0.943. The summed E-state index contributed by atoms with van der Waals surface area (Å²) in [5.41, 5.74) is 0.845. The van der Waals surface area contributed by atoms with Crippen molar-refractivity contribution in [3.05, 3.63) is 48.6 Å². The first-order valence-electron chi connectivity index (χ1n) is 3.57. The van der Waals surface area contributed by atoms with Crippen LogP contribution in [0, 0.1) is 0 Å². The lowest BCUT2D eigenvalue weighted by Crippen LogP contribution is -1.85. The normalized spacial score (nSPS) is 12.6. The van der Waals surface area contributed by atoms with Crippen molar-refractivity contribution in [3.8, 4) is 0 Å². The highest BCUT2D eigenvalue weighted by Gasteiger charge is 1.86. The third-order valence-electron chi connectivity index (χ3n) is 1.18. The fraction of sp³-hybridized carbons (Fsp3) is 0.100. The number of carboxylic acid groups (broad SMARTS) is 1. The molecule has 2 nitrogen and oxygen atoms in total. The molecular formula is C10H12O2. The van der Waals surface area contributed by atoms with Crippen LogP contribution in [0.3, 0.4) is 0 Å². The summed E-state index contributed by atoms with van der Waals surface area (Å²) in [7, 11) is 0. The molecular weight excluding hydrogens is 152 g/mol. The van der Waals surface area contributed by atoms with Crippen LogP contribution in [0.15, 0.2) is 48.6 Å². The van der Waals surface area contributed by atoms with Gasteiger partial charge in [-0.3, -0.25) is 0 Å². The van der Waals surface area contributed by atoms with E-state index in [1.54, 1.807) is 18.2 Å². The van der Waals surface area contributed by atoms with Gasteiger partial charge in [0.2, 0.25) is 0 Å². The second kappa shape index (κ2) is 6.16. The van der Waals surface area contributed by atoms with E-state index in [0.717, 1.165) is 11.6 Å². The second-order valence-electron chi connectivity index (χ2n) is 2.06. The van der Waals surface area contributed by atoms with E-state index in [-0.39, 0.29) is 0 Å². The van der Waals surface area contributed by atoms with Crippen LogP contribution in [0.4, 0.5) is 0 Å². The molecule has 0 radical (unpaired) electrons. The second-order valence-corrected chi connectivity index (χ2v) is 2.06. The predicted octanol–water partition coefficient (Wildman–Crippen LogP) is 2.32. The Hall–Kier alpha value is -1.57. The number of hydrogen-bond acceptors (Lipinski definition) is 1. The van der Waals surface area contributed by atoms with Gasteiger partial charge in [-0.25, -0.2) is 4.79 Å². The van der Waals surface area contributed by atoms with E-state index in [2.05, 4.69) is 6.58 Å². The predicted molar refractivity (Wildman–Crippen MR) is 49.9 cm³/mol. The van der Waals surface area contributed by atoms with Crippen molar-refractivity contribution in [2.24, 2.45) is 0 Å². The van der Waals surface area contributed by atoms with Gasteiger partial charge in [0.25, 0.3) is 0 Å². The summed E-state index contributed by atoms with van der Waals surface area (Å²) in [5, 5.41) is 8.33. The Morgan fingerprint density at radius 3 is 2.42 bits per heavy atom. The van der Waals surface area contributed by atoms with Crippen LogP contribution in [0.1, 0.15) is 6.92 Å². The van der Waals surface area contributed by atoms with Gasteiger partial charge in [-0.15, -0.1) is 0 Å². The van der Waals surface area contributed by atoms with E-state index in [0.29, 0.717) is 0 Å². The maximum Gasteiger partial charge on any atom is 0.328 e. The highest BCUT2D eigenvalue weighted by Crippen LogP contribution is 1.98. The fourth-order valence-electron chi connectivity index (χ4n) is 0.595. The molecule has 0 aliphatic rings. The maximum absolute atomic E-state index is 10.1. The average molecular weight is 164 g/mol. The molecule has 0 aromatic carbocycles. The third-order valence-corrected chi connectivity index (χ3v) is 1.18. The van der Waals surface area contributed by atoms with E-state index >= 15 is 0 Å². The molecule has 0 rings (SSSR count). The minimum Gasteiger partial charge on any atom is -0.478 e. The van der Waals surface area contributed by atoms with Crippen molar-refractivity contribution in [1.29, 1.82) is 0 Å². The van der Waals surface area contributed by atoms with Gasteiger partial charge in [0, 0.05) is 6.08 Å². The summed E-state index contributed by atoms with van der Waals surface area (Å²) < 4.78 is 0. The molecule has 0 heterocycles. The molecule has 0 unspecified atom stereocenters. The average Bonchev–Trinajstić information content (AvgIpc) is 2.05. The lowest BCUT2D eigenvalue weighted by atomic mass is 10.2. The summed E-state index contributed by atoms with van der Waals surface area (Å²) in [6.45, 7) is 5.35. The van der Waals surface area contributed by atoms with Crippen LogP contribution in [-0.4, -0.2) is 11.1 Å². The lowest BCUT2D eigenvalue weighted by Gasteiger charge is -1.88. The Balaban J connectivity index is 4.29. The SMILES string of the molecule is C=CC=CC(C=CC(=O)O)=CC. The van der Waals surface area contributed by atoms with Crippen LogP contribution < -0.4 is 0 Å². The molecule has 0 amide bonds. The summed E-state index contributed by atoms with van der Waals surface area (Å²) in [6.07, 6.45) is 9.62. The van der Waals surface area contributed by atoms with Crippen LogP contribution in [0.2, 0.25) is 0 Å². The molecule has 2 heteroatoms. The van der Waals surface area contributed by atoms with Crippen LogP contribution in [0.5, 0.6) is 0 Å². The van der Waals surface area contributed by atoms with Gasteiger partial charge in [0.1, 0.15) is 0 Å². The van der Waals surface area contributed by atoms with Gasteiger partial charge >= 0.3 is 5.97 Å². The maximum atomic E-state index is 10.1. The third kappa shape index (κ3) is 5.23. The number of rotatable bonds is 4. The summed E-state index contributed by atoms with van der Waals surface area (Å²) in [4.78, 5) is 10.1. The molecule has 0 saturated carbocycles. The minimum absolute atomic E-state index is 0.845. The Bertz CT molecular complexity index is 245. The molecule has 0 fully saturated rings.